The van der Waals surface area contributed by atoms with Crippen LogP contribution in [0.15, 0.2) is 30.4 Å². The fourth-order valence-corrected chi connectivity index (χ4v) is 1.41. The average molecular weight is 220 g/mol. The largest absolute Gasteiger partial charge is 0.493 e. The molecule has 1 unspecified atom stereocenters. The summed E-state index contributed by atoms with van der Waals surface area (Å²) in [5.74, 6) is 0.782. The molecule has 1 atom stereocenters. The van der Waals surface area contributed by atoms with Crippen LogP contribution in [-0.4, -0.2) is 19.4 Å². The van der Waals surface area contributed by atoms with Crippen LogP contribution in [-0.2, 0) is 9.53 Å². The Morgan fingerprint density at radius 2 is 2.12 bits per heavy atom. The van der Waals surface area contributed by atoms with E-state index in [1.807, 2.05) is 19.1 Å². The third-order valence-electron chi connectivity index (χ3n) is 2.18. The average Bonchev–Trinajstić information content (AvgIpc) is 2.67. The van der Waals surface area contributed by atoms with E-state index in [9.17, 15) is 4.79 Å². The van der Waals surface area contributed by atoms with Gasteiger partial charge in [0.1, 0.15) is 0 Å². The first-order chi connectivity index (χ1) is 7.69. The molecule has 4 heteroatoms. The Balaban J connectivity index is 2.15. The maximum atomic E-state index is 10.8. The molecule has 0 spiro atoms. The van der Waals surface area contributed by atoms with Crippen LogP contribution >= 0.6 is 0 Å². The van der Waals surface area contributed by atoms with Crippen molar-refractivity contribution in [3.05, 3.63) is 35.9 Å². The van der Waals surface area contributed by atoms with E-state index in [-0.39, 0.29) is 0 Å². The maximum Gasteiger partial charge on any atom is 0.334 e. The van der Waals surface area contributed by atoms with Crippen LogP contribution in [0.25, 0.3) is 0 Å². The summed E-state index contributed by atoms with van der Waals surface area (Å²) in [6.45, 7) is 1.96. The molecule has 0 bridgehead atoms. The van der Waals surface area contributed by atoms with Crippen molar-refractivity contribution in [3.8, 4) is 11.5 Å². The highest BCUT2D eigenvalue weighted by molar-refractivity contribution is 5.84. The fourth-order valence-electron chi connectivity index (χ4n) is 1.41. The van der Waals surface area contributed by atoms with E-state index in [1.54, 1.807) is 19.3 Å². The molecular weight excluding hydrogens is 208 g/mol. The van der Waals surface area contributed by atoms with E-state index >= 15 is 0 Å². The molecule has 0 N–H and O–H groups in total. The molecule has 1 heterocycles. The number of carbonyl (C=O) groups is 1. The molecule has 0 radical (unpaired) electrons. The Bertz CT molecular complexity index is 437. The van der Waals surface area contributed by atoms with Gasteiger partial charge in [0, 0.05) is 12.2 Å². The highest BCUT2D eigenvalue weighted by Gasteiger charge is 2.19. The molecule has 1 aromatic carbocycles. The van der Waals surface area contributed by atoms with Crippen molar-refractivity contribution in [2.75, 3.05) is 7.11 Å². The van der Waals surface area contributed by atoms with Crippen LogP contribution < -0.4 is 9.47 Å². The Morgan fingerprint density at radius 3 is 2.75 bits per heavy atom. The van der Waals surface area contributed by atoms with Gasteiger partial charge in [0.15, 0.2) is 11.5 Å². The van der Waals surface area contributed by atoms with Gasteiger partial charge < -0.3 is 14.2 Å². The molecule has 2 rings (SSSR count). The van der Waals surface area contributed by atoms with E-state index in [0.717, 1.165) is 5.56 Å². The van der Waals surface area contributed by atoms with E-state index < -0.39 is 12.3 Å². The molecule has 0 aliphatic carbocycles. The minimum absolute atomic E-state index is 0.393. The minimum atomic E-state index is -0.663. The molecule has 16 heavy (non-hydrogen) atoms. The molecule has 1 aliphatic rings. The molecule has 0 fully saturated rings. The number of rotatable bonds is 3. The van der Waals surface area contributed by atoms with Crippen LogP contribution in [0, 0.1) is 6.92 Å². The van der Waals surface area contributed by atoms with Crippen molar-refractivity contribution in [3.63, 3.8) is 0 Å². The fraction of sp³-hybridized carbons (Fsp3) is 0.250. The summed E-state index contributed by atoms with van der Waals surface area (Å²) < 4.78 is 15.5. The lowest BCUT2D eigenvalue weighted by Gasteiger charge is -2.14. The lowest BCUT2D eigenvalue weighted by molar-refractivity contribution is -0.147. The van der Waals surface area contributed by atoms with Crippen molar-refractivity contribution >= 4 is 5.97 Å². The van der Waals surface area contributed by atoms with Crippen molar-refractivity contribution in [1.82, 2.24) is 0 Å². The Hall–Kier alpha value is -1.97. The highest BCUT2D eigenvalue weighted by Crippen LogP contribution is 2.29. The molecule has 0 saturated carbocycles. The van der Waals surface area contributed by atoms with Gasteiger partial charge in [-0.1, -0.05) is 6.07 Å². The zero-order valence-corrected chi connectivity index (χ0v) is 9.10. The van der Waals surface area contributed by atoms with Crippen molar-refractivity contribution in [1.29, 1.82) is 0 Å². The van der Waals surface area contributed by atoms with Crippen molar-refractivity contribution < 1.29 is 19.0 Å². The minimum Gasteiger partial charge on any atom is -0.493 e. The van der Waals surface area contributed by atoms with E-state index in [0.29, 0.717) is 11.5 Å². The predicted octanol–water partition coefficient (Wildman–Crippen LogP) is 1.82. The molecule has 0 amide bonds. The lowest BCUT2D eigenvalue weighted by Crippen LogP contribution is -2.15. The quantitative estimate of drug-likeness (QED) is 0.729. The first-order valence-electron chi connectivity index (χ1n) is 4.89. The first-order valence-corrected chi connectivity index (χ1v) is 4.89. The molecular formula is C12H12O4. The number of hydrogen-bond acceptors (Lipinski definition) is 4. The summed E-state index contributed by atoms with van der Waals surface area (Å²) in [4.78, 5) is 10.8. The number of carbonyl (C=O) groups excluding carboxylic acids is 1. The van der Waals surface area contributed by atoms with Crippen molar-refractivity contribution in [2.24, 2.45) is 0 Å². The SMILES string of the molecule is COc1cc(C)ccc1OC1C=CC(=O)O1. The van der Waals surface area contributed by atoms with E-state index in [4.69, 9.17) is 14.2 Å². The number of benzene rings is 1. The second-order valence-corrected chi connectivity index (χ2v) is 3.44. The summed E-state index contributed by atoms with van der Waals surface area (Å²) in [5.41, 5.74) is 1.07. The van der Waals surface area contributed by atoms with Crippen LogP contribution in [0.1, 0.15) is 5.56 Å². The van der Waals surface area contributed by atoms with Crippen LogP contribution in [0.3, 0.4) is 0 Å². The third kappa shape index (κ3) is 2.16. The Morgan fingerprint density at radius 1 is 1.31 bits per heavy atom. The summed E-state index contributed by atoms with van der Waals surface area (Å²) in [6, 6.07) is 5.54. The number of aryl methyl sites for hydroxylation is 1. The summed E-state index contributed by atoms with van der Waals surface area (Å²) in [6.07, 6.45) is 2.23. The van der Waals surface area contributed by atoms with Gasteiger partial charge in [-0.2, -0.15) is 0 Å². The number of cyclic esters (lactones) is 1. The number of hydrogen-bond donors (Lipinski definition) is 0. The lowest BCUT2D eigenvalue weighted by atomic mass is 10.2. The first kappa shape index (κ1) is 10.5. The van der Waals surface area contributed by atoms with Gasteiger partial charge in [0.05, 0.1) is 7.11 Å². The maximum absolute atomic E-state index is 10.8. The summed E-state index contributed by atoms with van der Waals surface area (Å²) >= 11 is 0. The van der Waals surface area contributed by atoms with Gasteiger partial charge in [0.2, 0.25) is 0 Å². The molecule has 0 saturated heterocycles. The smallest absolute Gasteiger partial charge is 0.334 e. The van der Waals surface area contributed by atoms with Crippen LogP contribution in [0.4, 0.5) is 0 Å². The zero-order valence-electron chi connectivity index (χ0n) is 9.10. The van der Waals surface area contributed by atoms with Crippen molar-refractivity contribution in [2.45, 2.75) is 13.2 Å². The number of methoxy groups -OCH3 is 1. The summed E-state index contributed by atoms with van der Waals surface area (Å²) in [7, 11) is 1.57. The van der Waals surface area contributed by atoms with Crippen LogP contribution in [0.5, 0.6) is 11.5 Å². The molecule has 4 nitrogen and oxygen atoms in total. The molecule has 84 valence electrons. The van der Waals surface area contributed by atoms with Gasteiger partial charge in [0.25, 0.3) is 6.29 Å². The summed E-state index contributed by atoms with van der Waals surface area (Å²) in [5, 5.41) is 0. The Kier molecular flexibility index (Phi) is 2.81. The van der Waals surface area contributed by atoms with E-state index in [1.165, 1.54) is 6.08 Å². The van der Waals surface area contributed by atoms with Crippen LogP contribution in [0.2, 0.25) is 0 Å². The van der Waals surface area contributed by atoms with E-state index in [2.05, 4.69) is 0 Å². The molecule has 1 aromatic rings. The van der Waals surface area contributed by atoms with Gasteiger partial charge >= 0.3 is 5.97 Å². The number of ether oxygens (including phenoxy) is 3. The predicted molar refractivity (Wildman–Crippen MR) is 57.4 cm³/mol. The highest BCUT2D eigenvalue weighted by atomic mass is 16.7. The normalized spacial score (nSPS) is 18.4. The van der Waals surface area contributed by atoms with Gasteiger partial charge in [-0.3, -0.25) is 0 Å². The standard InChI is InChI=1S/C12H12O4/c1-8-3-4-9(10(7-8)14-2)15-12-6-5-11(13)16-12/h3-7,12H,1-2H3. The molecule has 0 aromatic heterocycles. The molecule has 1 aliphatic heterocycles. The third-order valence-corrected chi connectivity index (χ3v) is 2.18. The van der Waals surface area contributed by atoms with Gasteiger partial charge in [-0.15, -0.1) is 0 Å². The Labute approximate surface area is 93.4 Å². The second-order valence-electron chi connectivity index (χ2n) is 3.44. The monoisotopic (exact) mass is 220 g/mol. The van der Waals surface area contributed by atoms with Gasteiger partial charge in [-0.25, -0.2) is 4.79 Å². The van der Waals surface area contributed by atoms with Gasteiger partial charge in [-0.05, 0) is 24.6 Å². The zero-order chi connectivity index (χ0) is 11.5. The number of esters is 1. The topological polar surface area (TPSA) is 44.8 Å². The second kappa shape index (κ2) is 4.26.